The topological polar surface area (TPSA) is 25.8 Å². The van der Waals surface area contributed by atoms with E-state index in [1.54, 1.807) is 0 Å². The van der Waals surface area contributed by atoms with E-state index in [1.165, 1.54) is 54.9 Å². The van der Waals surface area contributed by atoms with Crippen LogP contribution in [0, 0.1) is 13.8 Å². The first-order valence-electron chi connectivity index (χ1n) is 13.7. The van der Waals surface area contributed by atoms with Crippen LogP contribution < -0.4 is 0 Å². The molecule has 0 bridgehead atoms. The number of hydrogen-bond acceptors (Lipinski definition) is 2. The number of fused-ring (bicyclic) bond motifs is 2. The van der Waals surface area contributed by atoms with Gasteiger partial charge < -0.3 is 0 Å². The Bertz CT molecular complexity index is 1800. The van der Waals surface area contributed by atoms with Crippen molar-refractivity contribution in [1.82, 2.24) is 9.97 Å². The Morgan fingerprint density at radius 3 is 1.12 bits per heavy atom. The highest BCUT2D eigenvalue weighted by molar-refractivity contribution is 6.22. The van der Waals surface area contributed by atoms with Crippen LogP contribution in [-0.4, -0.2) is 9.97 Å². The summed E-state index contributed by atoms with van der Waals surface area (Å²) in [5, 5.41) is 5.00. The number of aromatic nitrogens is 2. The first kappa shape index (κ1) is 24.0. The summed E-state index contributed by atoms with van der Waals surface area (Å²) in [6, 6.07) is 43.2. The third-order valence-electron chi connectivity index (χ3n) is 7.87. The van der Waals surface area contributed by atoms with Gasteiger partial charge in [0, 0.05) is 23.5 Å². The minimum absolute atomic E-state index is 0.982. The minimum atomic E-state index is 0.982. The van der Waals surface area contributed by atoms with Crippen molar-refractivity contribution in [3.8, 4) is 44.8 Å². The normalized spacial score (nSPS) is 11.2. The molecule has 2 heteroatoms. The standard InChI is InChI=1S/C38H28N2/c1-25-17-19-27(35-15-7-9-21-39-35)23-33(25)37-29-11-3-5-13-31(29)38(32-14-6-4-12-30(32)37)34-24-28(20-18-26(34)2)36-16-8-10-22-40-36/h3-24H,1-2H3. The zero-order chi connectivity index (χ0) is 27.1. The van der Waals surface area contributed by atoms with Crippen LogP contribution in [0.1, 0.15) is 11.1 Å². The Hall–Kier alpha value is -5.08. The van der Waals surface area contributed by atoms with E-state index in [1.807, 2.05) is 36.7 Å². The molecule has 0 fully saturated rings. The predicted octanol–water partition coefficient (Wildman–Crippen LogP) is 10.1. The van der Waals surface area contributed by atoms with Crippen LogP contribution in [0.15, 0.2) is 134 Å². The van der Waals surface area contributed by atoms with Crippen molar-refractivity contribution < 1.29 is 0 Å². The van der Waals surface area contributed by atoms with E-state index >= 15 is 0 Å². The molecule has 2 nitrogen and oxygen atoms in total. The van der Waals surface area contributed by atoms with E-state index < -0.39 is 0 Å². The third kappa shape index (κ3) is 4.06. The largest absolute Gasteiger partial charge is 0.256 e. The molecule has 0 unspecified atom stereocenters. The first-order valence-corrected chi connectivity index (χ1v) is 13.7. The Morgan fingerprint density at radius 2 is 0.775 bits per heavy atom. The van der Waals surface area contributed by atoms with Gasteiger partial charge in [0.1, 0.15) is 0 Å². The molecule has 0 saturated carbocycles. The lowest BCUT2D eigenvalue weighted by atomic mass is 9.83. The molecule has 0 aliphatic rings. The minimum Gasteiger partial charge on any atom is -0.256 e. The number of nitrogens with zero attached hydrogens (tertiary/aromatic N) is 2. The number of pyridine rings is 2. The van der Waals surface area contributed by atoms with Gasteiger partial charge in [0.25, 0.3) is 0 Å². The Kier molecular flexibility index (Phi) is 5.94. The molecule has 0 radical (unpaired) electrons. The highest BCUT2D eigenvalue weighted by Gasteiger charge is 2.19. The summed E-state index contributed by atoms with van der Waals surface area (Å²) in [6.45, 7) is 4.41. The average molecular weight is 513 g/mol. The van der Waals surface area contributed by atoms with Gasteiger partial charge in [0.2, 0.25) is 0 Å². The SMILES string of the molecule is Cc1ccc(-c2ccccn2)cc1-c1c2ccccc2c(-c2cc(-c3ccccn3)ccc2C)c2ccccc12. The fraction of sp³-hybridized carbons (Fsp3) is 0.0526. The van der Waals surface area contributed by atoms with Gasteiger partial charge in [0.15, 0.2) is 0 Å². The summed E-state index contributed by atoms with van der Waals surface area (Å²) in [7, 11) is 0. The highest BCUT2D eigenvalue weighted by atomic mass is 14.7. The summed E-state index contributed by atoms with van der Waals surface area (Å²) in [4.78, 5) is 9.26. The smallest absolute Gasteiger partial charge is 0.0702 e. The van der Waals surface area contributed by atoms with Crippen molar-refractivity contribution in [2.75, 3.05) is 0 Å². The second kappa shape index (κ2) is 9.91. The maximum Gasteiger partial charge on any atom is 0.0702 e. The molecular weight excluding hydrogens is 484 g/mol. The van der Waals surface area contributed by atoms with Crippen molar-refractivity contribution in [3.05, 3.63) is 145 Å². The van der Waals surface area contributed by atoms with Gasteiger partial charge in [-0.2, -0.15) is 0 Å². The number of rotatable bonds is 4. The summed E-state index contributed by atoms with van der Waals surface area (Å²) >= 11 is 0. The van der Waals surface area contributed by atoms with Gasteiger partial charge >= 0.3 is 0 Å². The summed E-state index contributed by atoms with van der Waals surface area (Å²) in [6.07, 6.45) is 3.71. The van der Waals surface area contributed by atoms with Gasteiger partial charge in [-0.05, 0) is 105 Å². The molecule has 2 aromatic heterocycles. The van der Waals surface area contributed by atoms with Crippen LogP contribution in [0.5, 0.6) is 0 Å². The number of hydrogen-bond donors (Lipinski definition) is 0. The van der Waals surface area contributed by atoms with Crippen molar-refractivity contribution >= 4 is 21.5 Å². The van der Waals surface area contributed by atoms with Gasteiger partial charge in [-0.3, -0.25) is 9.97 Å². The molecule has 190 valence electrons. The molecule has 40 heavy (non-hydrogen) atoms. The summed E-state index contributed by atoms with van der Waals surface area (Å²) < 4.78 is 0. The van der Waals surface area contributed by atoms with Gasteiger partial charge in [-0.15, -0.1) is 0 Å². The van der Waals surface area contributed by atoms with Crippen molar-refractivity contribution in [2.45, 2.75) is 13.8 Å². The number of aryl methyl sites for hydroxylation is 2. The first-order chi connectivity index (χ1) is 19.7. The zero-order valence-corrected chi connectivity index (χ0v) is 22.6. The van der Waals surface area contributed by atoms with Crippen molar-refractivity contribution in [2.24, 2.45) is 0 Å². The van der Waals surface area contributed by atoms with E-state index in [9.17, 15) is 0 Å². The van der Waals surface area contributed by atoms with E-state index in [-0.39, 0.29) is 0 Å². The molecule has 0 saturated heterocycles. The second-order valence-electron chi connectivity index (χ2n) is 10.3. The summed E-state index contributed by atoms with van der Waals surface area (Å²) in [5.41, 5.74) is 11.7. The molecule has 0 amide bonds. The van der Waals surface area contributed by atoms with Crippen LogP contribution in [0.3, 0.4) is 0 Å². The molecule has 0 atom stereocenters. The lowest BCUT2D eigenvalue weighted by Crippen LogP contribution is -1.95. The molecule has 5 aromatic carbocycles. The van der Waals surface area contributed by atoms with Crippen molar-refractivity contribution in [3.63, 3.8) is 0 Å². The molecule has 0 N–H and O–H groups in total. The van der Waals surface area contributed by atoms with Crippen LogP contribution in [-0.2, 0) is 0 Å². The lowest BCUT2D eigenvalue weighted by Gasteiger charge is -2.20. The maximum atomic E-state index is 4.63. The van der Waals surface area contributed by atoms with Gasteiger partial charge in [-0.25, -0.2) is 0 Å². The Labute approximate surface area is 234 Å². The predicted molar refractivity (Wildman–Crippen MR) is 168 cm³/mol. The molecular formula is C38H28N2. The molecule has 2 heterocycles. The quantitative estimate of drug-likeness (QED) is 0.219. The molecule has 7 rings (SSSR count). The second-order valence-corrected chi connectivity index (χ2v) is 10.3. The summed E-state index contributed by atoms with van der Waals surface area (Å²) in [5.74, 6) is 0. The van der Waals surface area contributed by atoms with Crippen LogP contribution in [0.4, 0.5) is 0 Å². The molecule has 0 spiro atoms. The monoisotopic (exact) mass is 512 g/mol. The van der Waals surface area contributed by atoms with E-state index in [0.717, 1.165) is 22.5 Å². The zero-order valence-electron chi connectivity index (χ0n) is 22.6. The molecule has 7 aromatic rings. The van der Waals surface area contributed by atoms with Gasteiger partial charge in [-0.1, -0.05) is 84.9 Å². The van der Waals surface area contributed by atoms with E-state index in [0.29, 0.717) is 0 Å². The van der Waals surface area contributed by atoms with Crippen molar-refractivity contribution in [1.29, 1.82) is 0 Å². The third-order valence-corrected chi connectivity index (χ3v) is 7.87. The number of benzene rings is 5. The van der Waals surface area contributed by atoms with Crippen LogP contribution >= 0.6 is 0 Å². The molecule has 0 aliphatic carbocycles. The van der Waals surface area contributed by atoms with E-state index in [2.05, 4.69) is 121 Å². The van der Waals surface area contributed by atoms with Crippen LogP contribution in [0.2, 0.25) is 0 Å². The lowest BCUT2D eigenvalue weighted by molar-refractivity contribution is 1.32. The van der Waals surface area contributed by atoms with Crippen LogP contribution in [0.25, 0.3) is 66.3 Å². The van der Waals surface area contributed by atoms with Gasteiger partial charge in [0.05, 0.1) is 11.4 Å². The Morgan fingerprint density at radius 1 is 0.400 bits per heavy atom. The van der Waals surface area contributed by atoms with E-state index in [4.69, 9.17) is 0 Å². The maximum absolute atomic E-state index is 4.63. The molecule has 0 aliphatic heterocycles. The Balaban J connectivity index is 1.56. The fourth-order valence-corrected chi connectivity index (χ4v) is 5.88. The fourth-order valence-electron chi connectivity index (χ4n) is 5.88. The average Bonchev–Trinajstić information content (AvgIpc) is 3.02. The highest BCUT2D eigenvalue weighted by Crippen LogP contribution is 2.46.